The fourth-order valence-electron chi connectivity index (χ4n) is 1.71. The first-order valence-electron chi connectivity index (χ1n) is 5.49. The number of ether oxygens (including phenoxy) is 1. The van der Waals surface area contributed by atoms with Crippen molar-refractivity contribution in [3.05, 3.63) is 23.8 Å². The third kappa shape index (κ3) is 2.61. The molecule has 0 aromatic heterocycles. The molecular weight excluding hydrogens is 221 g/mol. The van der Waals surface area contributed by atoms with Gasteiger partial charge in [-0.2, -0.15) is 0 Å². The molecule has 0 fully saturated rings. The van der Waals surface area contributed by atoms with E-state index in [1.54, 1.807) is 18.2 Å². The molecule has 17 heavy (non-hydrogen) atoms. The smallest absolute Gasteiger partial charge is 0.334 e. The molecule has 6 heteroatoms. The molecule has 1 aromatic carbocycles. The van der Waals surface area contributed by atoms with Crippen LogP contribution in [0.15, 0.2) is 18.2 Å². The van der Waals surface area contributed by atoms with Gasteiger partial charge in [0, 0.05) is 6.54 Å². The minimum absolute atomic E-state index is 0.112. The zero-order chi connectivity index (χ0) is 12.3. The summed E-state index contributed by atoms with van der Waals surface area (Å²) in [4.78, 5) is 0. The molecule has 1 aromatic rings. The molecule has 1 heterocycles. The molecule has 4 N–H and O–H groups in total. The van der Waals surface area contributed by atoms with Gasteiger partial charge in [0.05, 0.1) is 18.8 Å². The Hall–Kier alpha value is -1.08. The SMILES string of the molecule is NCC(O)c1cccc2c1[B]OC(CO)CO2. The highest BCUT2D eigenvalue weighted by Gasteiger charge is 2.22. The van der Waals surface area contributed by atoms with Crippen LogP contribution in [0.2, 0.25) is 0 Å². The molecule has 2 unspecified atom stereocenters. The minimum Gasteiger partial charge on any atom is -0.491 e. The second kappa shape index (κ2) is 5.51. The predicted molar refractivity (Wildman–Crippen MR) is 63.3 cm³/mol. The van der Waals surface area contributed by atoms with Crippen LogP contribution >= 0.6 is 0 Å². The molecule has 1 radical (unpaired) electrons. The molecule has 1 aliphatic rings. The van der Waals surface area contributed by atoms with Gasteiger partial charge in [-0.25, -0.2) is 0 Å². The van der Waals surface area contributed by atoms with E-state index in [0.717, 1.165) is 0 Å². The lowest BCUT2D eigenvalue weighted by molar-refractivity contribution is 0.0814. The van der Waals surface area contributed by atoms with Gasteiger partial charge >= 0.3 is 7.48 Å². The fourth-order valence-corrected chi connectivity index (χ4v) is 1.71. The average Bonchev–Trinajstić information content (AvgIpc) is 2.59. The Morgan fingerprint density at radius 3 is 3.06 bits per heavy atom. The summed E-state index contributed by atoms with van der Waals surface area (Å²) in [5.41, 5.74) is 6.80. The zero-order valence-corrected chi connectivity index (χ0v) is 9.37. The van der Waals surface area contributed by atoms with E-state index in [4.69, 9.17) is 20.2 Å². The molecule has 0 aliphatic carbocycles. The molecule has 0 saturated heterocycles. The number of benzene rings is 1. The van der Waals surface area contributed by atoms with Gasteiger partial charge in [0.15, 0.2) is 0 Å². The lowest BCUT2D eigenvalue weighted by Crippen LogP contribution is -2.29. The van der Waals surface area contributed by atoms with E-state index in [1.807, 2.05) is 0 Å². The molecular formula is C11H15BNO4. The minimum atomic E-state index is -0.751. The third-order valence-electron chi connectivity index (χ3n) is 2.69. The summed E-state index contributed by atoms with van der Waals surface area (Å²) in [6.07, 6.45) is -1.13. The van der Waals surface area contributed by atoms with Gasteiger partial charge in [0.2, 0.25) is 0 Å². The Balaban J connectivity index is 2.29. The van der Waals surface area contributed by atoms with Crippen LogP contribution in [-0.4, -0.2) is 43.6 Å². The van der Waals surface area contributed by atoms with Gasteiger partial charge in [-0.05, 0) is 17.1 Å². The van der Waals surface area contributed by atoms with E-state index in [9.17, 15) is 5.11 Å². The highest BCUT2D eigenvalue weighted by Crippen LogP contribution is 2.18. The van der Waals surface area contributed by atoms with Gasteiger partial charge in [0.25, 0.3) is 0 Å². The first-order valence-corrected chi connectivity index (χ1v) is 5.49. The van der Waals surface area contributed by atoms with E-state index in [1.165, 1.54) is 7.48 Å². The van der Waals surface area contributed by atoms with Gasteiger partial charge < -0.3 is 25.3 Å². The van der Waals surface area contributed by atoms with Crippen molar-refractivity contribution in [2.24, 2.45) is 5.73 Å². The van der Waals surface area contributed by atoms with Crippen molar-refractivity contribution in [2.45, 2.75) is 12.2 Å². The summed E-state index contributed by atoms with van der Waals surface area (Å²) in [6, 6.07) is 5.36. The number of aliphatic hydroxyl groups is 2. The summed E-state index contributed by atoms with van der Waals surface area (Å²) in [5.74, 6) is 0.631. The van der Waals surface area contributed by atoms with Crippen LogP contribution in [0.5, 0.6) is 5.75 Å². The van der Waals surface area contributed by atoms with Crippen LogP contribution in [-0.2, 0) is 4.65 Å². The maximum absolute atomic E-state index is 9.79. The summed E-state index contributed by atoms with van der Waals surface area (Å²) in [6.45, 7) is 0.301. The Morgan fingerprint density at radius 2 is 2.35 bits per heavy atom. The van der Waals surface area contributed by atoms with Gasteiger partial charge in [-0.15, -0.1) is 0 Å². The quantitative estimate of drug-likeness (QED) is 0.567. The lowest BCUT2D eigenvalue weighted by atomic mass is 9.81. The summed E-state index contributed by atoms with van der Waals surface area (Å²) in [7, 11) is 1.51. The molecule has 0 saturated carbocycles. The van der Waals surface area contributed by atoms with E-state index in [2.05, 4.69) is 0 Å². The Kier molecular flexibility index (Phi) is 4.01. The van der Waals surface area contributed by atoms with Crippen LogP contribution < -0.4 is 15.9 Å². The van der Waals surface area contributed by atoms with E-state index < -0.39 is 6.10 Å². The largest absolute Gasteiger partial charge is 0.491 e. The zero-order valence-electron chi connectivity index (χ0n) is 9.37. The monoisotopic (exact) mass is 236 g/mol. The van der Waals surface area contributed by atoms with Crippen LogP contribution in [0.4, 0.5) is 0 Å². The first-order chi connectivity index (χ1) is 8.26. The van der Waals surface area contributed by atoms with Crippen LogP contribution in [0.1, 0.15) is 11.7 Å². The standard InChI is InChI=1S/C11H15BNO4/c13-4-9(15)8-2-1-3-10-11(8)12-17-7(5-14)6-16-10/h1-3,7,9,14-15H,4-6,13H2. The average molecular weight is 236 g/mol. The summed E-state index contributed by atoms with van der Waals surface area (Å²) < 4.78 is 10.9. The van der Waals surface area contributed by atoms with Crippen LogP contribution in [0, 0.1) is 0 Å². The summed E-state index contributed by atoms with van der Waals surface area (Å²) >= 11 is 0. The van der Waals surface area contributed by atoms with E-state index in [-0.39, 0.29) is 25.9 Å². The molecule has 91 valence electrons. The van der Waals surface area contributed by atoms with Crippen molar-refractivity contribution in [1.29, 1.82) is 0 Å². The van der Waals surface area contributed by atoms with Gasteiger partial charge in [0.1, 0.15) is 12.4 Å². The van der Waals surface area contributed by atoms with E-state index in [0.29, 0.717) is 16.8 Å². The van der Waals surface area contributed by atoms with Crippen LogP contribution in [0.3, 0.4) is 0 Å². The molecule has 0 amide bonds. The lowest BCUT2D eigenvalue weighted by Gasteiger charge is -2.14. The third-order valence-corrected chi connectivity index (χ3v) is 2.69. The number of hydrogen-bond acceptors (Lipinski definition) is 5. The normalized spacial score (nSPS) is 20.8. The van der Waals surface area contributed by atoms with Gasteiger partial charge in [-0.3, -0.25) is 0 Å². The van der Waals surface area contributed by atoms with Crippen molar-refractivity contribution >= 4 is 12.9 Å². The number of fused-ring (bicyclic) bond motifs is 1. The van der Waals surface area contributed by atoms with Crippen molar-refractivity contribution in [1.82, 2.24) is 0 Å². The topological polar surface area (TPSA) is 84.9 Å². The second-order valence-electron chi connectivity index (χ2n) is 3.88. The molecule has 5 nitrogen and oxygen atoms in total. The summed E-state index contributed by atoms with van der Waals surface area (Å²) in [5, 5.41) is 18.8. The molecule has 0 spiro atoms. The van der Waals surface area contributed by atoms with Gasteiger partial charge in [-0.1, -0.05) is 12.1 Å². The maximum Gasteiger partial charge on any atom is 0.334 e. The Labute approximate surface area is 100 Å². The first kappa shape index (κ1) is 12.4. The second-order valence-corrected chi connectivity index (χ2v) is 3.88. The number of hydrogen-bond donors (Lipinski definition) is 3. The fraction of sp³-hybridized carbons (Fsp3) is 0.455. The molecule has 2 atom stereocenters. The van der Waals surface area contributed by atoms with Crippen molar-refractivity contribution in [3.8, 4) is 5.75 Å². The molecule has 2 rings (SSSR count). The highest BCUT2D eigenvalue weighted by molar-refractivity contribution is 6.49. The number of aliphatic hydroxyl groups excluding tert-OH is 2. The Morgan fingerprint density at radius 1 is 1.53 bits per heavy atom. The number of nitrogens with two attached hydrogens (primary N) is 1. The maximum atomic E-state index is 9.79. The van der Waals surface area contributed by atoms with E-state index >= 15 is 0 Å². The Bertz CT molecular complexity index is 388. The number of rotatable bonds is 3. The van der Waals surface area contributed by atoms with Crippen molar-refractivity contribution in [3.63, 3.8) is 0 Å². The van der Waals surface area contributed by atoms with Crippen molar-refractivity contribution in [2.75, 3.05) is 19.8 Å². The van der Waals surface area contributed by atoms with Crippen LogP contribution in [0.25, 0.3) is 0 Å². The van der Waals surface area contributed by atoms with Crippen molar-refractivity contribution < 1.29 is 19.6 Å². The molecule has 1 aliphatic heterocycles. The predicted octanol–water partition coefficient (Wildman–Crippen LogP) is -1.31. The highest BCUT2D eigenvalue weighted by atomic mass is 16.5. The molecule has 0 bridgehead atoms.